The third-order valence-electron chi connectivity index (χ3n) is 4.93. The van der Waals surface area contributed by atoms with E-state index in [1.807, 2.05) is 38.1 Å². The average molecular weight is 434 g/mol. The number of hydrogen-bond donors (Lipinski definition) is 1. The highest BCUT2D eigenvalue weighted by Gasteiger charge is 2.32. The van der Waals surface area contributed by atoms with E-state index < -0.39 is 26.9 Å². The Labute approximate surface area is 177 Å². The minimum Gasteiger partial charge on any atom is -0.347 e. The van der Waals surface area contributed by atoms with E-state index in [4.69, 9.17) is 0 Å². The summed E-state index contributed by atoms with van der Waals surface area (Å²) in [7, 11) is -3.89. The highest BCUT2D eigenvalue weighted by Crippen LogP contribution is 2.29. The van der Waals surface area contributed by atoms with Crippen LogP contribution >= 0.6 is 0 Å². The number of nitro groups is 1. The van der Waals surface area contributed by atoms with Gasteiger partial charge in [-0.15, -0.1) is 0 Å². The Bertz CT molecular complexity index is 1040. The molecule has 2 aromatic carbocycles. The quantitative estimate of drug-likeness (QED) is 0.505. The van der Waals surface area contributed by atoms with Crippen molar-refractivity contribution >= 4 is 27.3 Å². The van der Waals surface area contributed by atoms with Crippen molar-refractivity contribution in [3.8, 4) is 0 Å². The van der Waals surface area contributed by atoms with Gasteiger partial charge in [0.05, 0.1) is 22.9 Å². The van der Waals surface area contributed by atoms with Gasteiger partial charge in [-0.05, 0) is 38.3 Å². The van der Waals surface area contributed by atoms with Gasteiger partial charge in [-0.1, -0.05) is 42.8 Å². The van der Waals surface area contributed by atoms with Crippen molar-refractivity contribution in [2.75, 3.05) is 10.6 Å². The first-order valence-corrected chi connectivity index (χ1v) is 11.4. The summed E-state index contributed by atoms with van der Waals surface area (Å²) < 4.78 is 26.0. The highest BCUT2D eigenvalue weighted by atomic mass is 32.2. The van der Waals surface area contributed by atoms with Crippen LogP contribution in [-0.2, 0) is 14.8 Å². The summed E-state index contributed by atoms with van der Waals surface area (Å²) in [6, 6.07) is 10.3. The van der Waals surface area contributed by atoms with Crippen LogP contribution in [0.15, 0.2) is 42.5 Å². The first kappa shape index (κ1) is 23.3. The molecule has 0 aromatic heterocycles. The number of anilines is 1. The topological polar surface area (TPSA) is 110 Å². The molecule has 2 atom stereocenters. The highest BCUT2D eigenvalue weighted by molar-refractivity contribution is 7.92. The minimum absolute atomic E-state index is 0.109. The molecule has 0 fully saturated rings. The summed E-state index contributed by atoms with van der Waals surface area (Å²) in [4.78, 5) is 23.6. The van der Waals surface area contributed by atoms with E-state index in [0.717, 1.165) is 21.7 Å². The Balaban J connectivity index is 2.39. The lowest BCUT2D eigenvalue weighted by Gasteiger charge is -2.30. The second kappa shape index (κ2) is 9.25. The van der Waals surface area contributed by atoms with Crippen molar-refractivity contribution in [3.63, 3.8) is 0 Å². The summed E-state index contributed by atoms with van der Waals surface area (Å²) in [5.74, 6) is -0.487. The molecule has 162 valence electrons. The fraction of sp³-hybridized carbons (Fsp3) is 0.381. The Hall–Kier alpha value is -2.94. The van der Waals surface area contributed by atoms with Crippen LogP contribution in [0.3, 0.4) is 0 Å². The summed E-state index contributed by atoms with van der Waals surface area (Å²) in [6.07, 6.45) is 1.60. The molecule has 0 aliphatic heterocycles. The normalized spacial score (nSPS) is 13.4. The second-order valence-electron chi connectivity index (χ2n) is 7.34. The van der Waals surface area contributed by atoms with Gasteiger partial charge in [0.1, 0.15) is 6.04 Å². The SMILES string of the molecule is CC[C@H](NC(=O)[C@@H](C)N(c1cc([N+](=O)[O-])ccc1C)S(C)(=O)=O)c1ccc(C)cc1. The van der Waals surface area contributed by atoms with E-state index in [9.17, 15) is 23.3 Å². The lowest BCUT2D eigenvalue weighted by atomic mass is 10.0. The lowest BCUT2D eigenvalue weighted by molar-refractivity contribution is -0.384. The molecule has 0 unspecified atom stereocenters. The van der Waals surface area contributed by atoms with E-state index in [1.54, 1.807) is 6.92 Å². The van der Waals surface area contributed by atoms with Crippen LogP contribution in [0.5, 0.6) is 0 Å². The van der Waals surface area contributed by atoms with Crippen molar-refractivity contribution in [1.82, 2.24) is 5.32 Å². The predicted molar refractivity (Wildman–Crippen MR) is 117 cm³/mol. The maximum absolute atomic E-state index is 13.0. The van der Waals surface area contributed by atoms with Crippen molar-refractivity contribution < 1.29 is 18.1 Å². The monoisotopic (exact) mass is 433 g/mol. The number of nitro benzene ring substituents is 1. The van der Waals surface area contributed by atoms with Crippen LogP contribution in [0, 0.1) is 24.0 Å². The third kappa shape index (κ3) is 5.35. The fourth-order valence-corrected chi connectivity index (χ4v) is 4.47. The molecule has 0 heterocycles. The Morgan fingerprint density at radius 1 is 1.17 bits per heavy atom. The number of carbonyl (C=O) groups is 1. The number of hydrogen-bond acceptors (Lipinski definition) is 5. The van der Waals surface area contributed by atoms with Gasteiger partial charge in [-0.3, -0.25) is 19.2 Å². The molecule has 0 spiro atoms. The van der Waals surface area contributed by atoms with Crippen molar-refractivity contribution in [3.05, 3.63) is 69.3 Å². The number of nitrogens with zero attached hydrogens (tertiary/aromatic N) is 2. The maximum Gasteiger partial charge on any atom is 0.271 e. The van der Waals surface area contributed by atoms with Crippen LogP contribution in [-0.4, -0.2) is 31.5 Å². The van der Waals surface area contributed by atoms with E-state index in [2.05, 4.69) is 5.32 Å². The Morgan fingerprint density at radius 3 is 2.27 bits per heavy atom. The summed E-state index contributed by atoms with van der Waals surface area (Å²) in [5, 5.41) is 14.1. The number of amides is 1. The first-order chi connectivity index (χ1) is 14.0. The zero-order valence-corrected chi connectivity index (χ0v) is 18.6. The molecule has 9 heteroatoms. The van der Waals surface area contributed by atoms with Crippen LogP contribution in [0.25, 0.3) is 0 Å². The van der Waals surface area contributed by atoms with Gasteiger partial charge in [0.25, 0.3) is 5.69 Å². The molecule has 30 heavy (non-hydrogen) atoms. The number of aryl methyl sites for hydroxylation is 2. The van der Waals surface area contributed by atoms with E-state index >= 15 is 0 Å². The largest absolute Gasteiger partial charge is 0.347 e. The van der Waals surface area contributed by atoms with Crippen molar-refractivity contribution in [1.29, 1.82) is 0 Å². The van der Waals surface area contributed by atoms with Crippen molar-refractivity contribution in [2.24, 2.45) is 0 Å². The van der Waals surface area contributed by atoms with E-state index in [1.165, 1.54) is 25.1 Å². The molecule has 0 saturated carbocycles. The zero-order valence-electron chi connectivity index (χ0n) is 17.7. The molecule has 0 radical (unpaired) electrons. The number of rotatable bonds is 8. The Kier molecular flexibility index (Phi) is 7.20. The van der Waals surface area contributed by atoms with Crippen molar-refractivity contribution in [2.45, 2.75) is 46.2 Å². The standard InChI is InChI=1S/C21H27N3O5S/c1-6-19(17-10-7-14(2)8-11-17)22-21(25)16(4)23(30(5,28)29)20-13-18(24(26)27)12-9-15(20)3/h7-13,16,19H,6H2,1-5H3,(H,22,25)/t16-,19+/m1/s1. The van der Waals surface area contributed by atoms with Gasteiger partial charge in [-0.25, -0.2) is 8.42 Å². The minimum atomic E-state index is -3.89. The van der Waals surface area contributed by atoms with Gasteiger partial charge in [0.15, 0.2) is 0 Å². The smallest absolute Gasteiger partial charge is 0.271 e. The fourth-order valence-electron chi connectivity index (χ4n) is 3.24. The molecular formula is C21H27N3O5S. The molecule has 2 rings (SSSR count). The predicted octanol–water partition coefficient (Wildman–Crippen LogP) is 3.63. The molecule has 0 saturated heterocycles. The summed E-state index contributed by atoms with van der Waals surface area (Å²) in [5.41, 5.74) is 2.38. The molecule has 1 amide bonds. The van der Waals surface area contributed by atoms with E-state index in [-0.39, 0.29) is 17.4 Å². The molecule has 0 aliphatic carbocycles. The van der Waals surface area contributed by atoms with Gasteiger partial charge >= 0.3 is 0 Å². The van der Waals surface area contributed by atoms with Gasteiger partial charge < -0.3 is 5.32 Å². The number of carbonyl (C=O) groups excluding carboxylic acids is 1. The molecule has 2 aromatic rings. The summed E-state index contributed by atoms with van der Waals surface area (Å²) in [6.45, 7) is 7.00. The van der Waals surface area contributed by atoms with Crippen LogP contribution in [0.2, 0.25) is 0 Å². The van der Waals surface area contributed by atoms with Crippen LogP contribution in [0.1, 0.15) is 43.0 Å². The van der Waals surface area contributed by atoms with Gasteiger partial charge in [0, 0.05) is 12.1 Å². The Morgan fingerprint density at radius 2 is 1.77 bits per heavy atom. The maximum atomic E-state index is 13.0. The number of nitrogens with one attached hydrogen (secondary N) is 1. The molecular weight excluding hydrogens is 406 g/mol. The van der Waals surface area contributed by atoms with E-state index in [0.29, 0.717) is 12.0 Å². The zero-order chi connectivity index (χ0) is 22.6. The lowest BCUT2D eigenvalue weighted by Crippen LogP contribution is -2.48. The van der Waals surface area contributed by atoms with Crippen LogP contribution in [0.4, 0.5) is 11.4 Å². The van der Waals surface area contributed by atoms with Crippen LogP contribution < -0.4 is 9.62 Å². The summed E-state index contributed by atoms with van der Waals surface area (Å²) >= 11 is 0. The number of non-ortho nitro benzene ring substituents is 1. The van der Waals surface area contributed by atoms with Gasteiger partial charge in [-0.2, -0.15) is 0 Å². The third-order valence-corrected chi connectivity index (χ3v) is 6.16. The molecule has 0 bridgehead atoms. The molecule has 8 nitrogen and oxygen atoms in total. The molecule has 1 N–H and O–H groups in total. The number of benzene rings is 2. The first-order valence-electron chi connectivity index (χ1n) is 9.57. The number of sulfonamides is 1. The average Bonchev–Trinajstić information content (AvgIpc) is 2.67. The second-order valence-corrected chi connectivity index (χ2v) is 9.20. The van der Waals surface area contributed by atoms with Gasteiger partial charge in [0.2, 0.25) is 15.9 Å². The molecule has 0 aliphatic rings.